The topological polar surface area (TPSA) is 62.7 Å². The van der Waals surface area contributed by atoms with Crippen molar-refractivity contribution in [2.45, 2.75) is 53.5 Å². The van der Waals surface area contributed by atoms with Crippen LogP contribution in [0.2, 0.25) is 0 Å². The average molecular weight is 338 g/mol. The summed E-state index contributed by atoms with van der Waals surface area (Å²) in [5, 5.41) is 3.11. The van der Waals surface area contributed by atoms with Crippen molar-refractivity contribution in [1.82, 2.24) is 14.5 Å². The van der Waals surface area contributed by atoms with Gasteiger partial charge in [-0.3, -0.25) is 4.79 Å². The van der Waals surface area contributed by atoms with Crippen molar-refractivity contribution in [3.8, 4) is 11.4 Å². The fraction of sp³-hybridized carbons (Fsp3) is 0.400. The Morgan fingerprint density at radius 1 is 1.24 bits per heavy atom. The highest BCUT2D eigenvalue weighted by Gasteiger charge is 2.22. The molecule has 3 aromatic rings. The van der Waals surface area contributed by atoms with Crippen LogP contribution in [0, 0.1) is 13.8 Å². The van der Waals surface area contributed by atoms with E-state index < -0.39 is 0 Å². The number of para-hydroxylation sites is 2. The van der Waals surface area contributed by atoms with Gasteiger partial charge in [0.05, 0.1) is 16.6 Å². The highest BCUT2D eigenvalue weighted by Crippen LogP contribution is 2.36. The fourth-order valence-corrected chi connectivity index (χ4v) is 3.17. The molecule has 0 aliphatic heterocycles. The molecule has 0 unspecified atom stereocenters. The predicted molar refractivity (Wildman–Crippen MR) is 103 cm³/mol. The molecule has 3 rings (SSSR count). The van der Waals surface area contributed by atoms with Crippen molar-refractivity contribution in [2.75, 3.05) is 5.32 Å². The molecule has 2 heterocycles. The summed E-state index contributed by atoms with van der Waals surface area (Å²) in [6, 6.07) is 7.99. The molecular formula is C20H26N4O. The van der Waals surface area contributed by atoms with Crippen LogP contribution in [0.3, 0.4) is 0 Å². The van der Waals surface area contributed by atoms with Gasteiger partial charge in [-0.15, -0.1) is 0 Å². The Kier molecular flexibility index (Phi) is 4.93. The van der Waals surface area contributed by atoms with Gasteiger partial charge in [-0.05, 0) is 38.0 Å². The number of aromatic amines is 1. The molecule has 0 fully saturated rings. The van der Waals surface area contributed by atoms with E-state index in [1.807, 2.05) is 31.2 Å². The third-order valence-electron chi connectivity index (χ3n) is 4.77. The van der Waals surface area contributed by atoms with Gasteiger partial charge in [0.2, 0.25) is 5.91 Å². The van der Waals surface area contributed by atoms with Crippen LogP contribution in [0.15, 0.2) is 24.3 Å². The van der Waals surface area contributed by atoms with E-state index in [2.05, 4.69) is 35.6 Å². The monoisotopic (exact) mass is 338 g/mol. The van der Waals surface area contributed by atoms with Gasteiger partial charge < -0.3 is 14.9 Å². The third-order valence-corrected chi connectivity index (χ3v) is 4.77. The lowest BCUT2D eigenvalue weighted by molar-refractivity contribution is -0.115. The molecule has 5 nitrogen and oxygen atoms in total. The standard InChI is InChI=1S/C20H26N4O/c1-5-7-12-24-14(4)13(3)18(20(24)23-17(25)6-2)19-21-15-10-8-9-11-16(15)22-19/h8-11H,5-7,12H2,1-4H3,(H,21,22)(H,23,25). The molecule has 1 aromatic carbocycles. The van der Waals surface area contributed by atoms with E-state index in [1.165, 1.54) is 5.69 Å². The molecule has 2 aromatic heterocycles. The Hall–Kier alpha value is -2.56. The maximum Gasteiger partial charge on any atom is 0.225 e. The summed E-state index contributed by atoms with van der Waals surface area (Å²) in [5.41, 5.74) is 5.26. The second kappa shape index (κ2) is 7.13. The molecule has 1 amide bonds. The lowest BCUT2D eigenvalue weighted by Crippen LogP contribution is -2.15. The van der Waals surface area contributed by atoms with Gasteiger partial charge in [0.15, 0.2) is 0 Å². The summed E-state index contributed by atoms with van der Waals surface area (Å²) in [6.45, 7) is 9.15. The Morgan fingerprint density at radius 3 is 2.68 bits per heavy atom. The zero-order chi connectivity index (χ0) is 18.0. The van der Waals surface area contributed by atoms with Gasteiger partial charge in [0, 0.05) is 18.7 Å². The molecule has 0 atom stereocenters. The van der Waals surface area contributed by atoms with Crippen LogP contribution in [0.4, 0.5) is 5.82 Å². The summed E-state index contributed by atoms with van der Waals surface area (Å²) in [4.78, 5) is 20.3. The van der Waals surface area contributed by atoms with Crippen LogP contribution < -0.4 is 5.32 Å². The first-order chi connectivity index (χ1) is 12.1. The zero-order valence-corrected chi connectivity index (χ0v) is 15.4. The number of rotatable bonds is 6. The van der Waals surface area contributed by atoms with Crippen molar-refractivity contribution in [3.63, 3.8) is 0 Å². The number of amides is 1. The van der Waals surface area contributed by atoms with Crippen LogP contribution in [-0.4, -0.2) is 20.4 Å². The number of nitrogens with zero attached hydrogens (tertiary/aromatic N) is 2. The van der Waals surface area contributed by atoms with Gasteiger partial charge >= 0.3 is 0 Å². The minimum atomic E-state index is 0.0209. The van der Waals surface area contributed by atoms with E-state index in [-0.39, 0.29) is 5.91 Å². The summed E-state index contributed by atoms with van der Waals surface area (Å²) < 4.78 is 2.22. The number of hydrogen-bond donors (Lipinski definition) is 2. The number of hydrogen-bond acceptors (Lipinski definition) is 2. The Labute approximate surface area is 148 Å². The van der Waals surface area contributed by atoms with Gasteiger partial charge in [-0.2, -0.15) is 0 Å². The number of H-pyrrole nitrogens is 1. The minimum absolute atomic E-state index is 0.0209. The number of benzene rings is 1. The highest BCUT2D eigenvalue weighted by atomic mass is 16.1. The highest BCUT2D eigenvalue weighted by molar-refractivity contribution is 5.95. The number of fused-ring (bicyclic) bond motifs is 1. The van der Waals surface area contributed by atoms with Gasteiger partial charge in [-0.1, -0.05) is 32.4 Å². The number of anilines is 1. The lowest BCUT2D eigenvalue weighted by atomic mass is 10.1. The number of nitrogens with one attached hydrogen (secondary N) is 2. The lowest BCUT2D eigenvalue weighted by Gasteiger charge is -2.13. The number of unbranched alkanes of at least 4 members (excludes halogenated alkanes) is 1. The molecule has 0 spiro atoms. The maximum absolute atomic E-state index is 12.1. The van der Waals surface area contributed by atoms with E-state index >= 15 is 0 Å². The molecule has 0 bridgehead atoms. The molecule has 25 heavy (non-hydrogen) atoms. The second-order valence-electron chi connectivity index (χ2n) is 6.44. The van der Waals surface area contributed by atoms with Crippen LogP contribution in [0.25, 0.3) is 22.4 Å². The molecule has 0 aliphatic rings. The normalized spacial score (nSPS) is 11.2. The summed E-state index contributed by atoms with van der Waals surface area (Å²) in [7, 11) is 0. The molecular weight excluding hydrogens is 312 g/mol. The van der Waals surface area contributed by atoms with Crippen LogP contribution in [0.1, 0.15) is 44.4 Å². The number of aromatic nitrogens is 3. The largest absolute Gasteiger partial charge is 0.338 e. The summed E-state index contributed by atoms with van der Waals surface area (Å²) in [5.74, 6) is 1.69. The smallest absolute Gasteiger partial charge is 0.225 e. The molecule has 132 valence electrons. The minimum Gasteiger partial charge on any atom is -0.338 e. The quantitative estimate of drug-likeness (QED) is 0.678. The molecule has 0 saturated carbocycles. The average Bonchev–Trinajstić information content (AvgIpc) is 3.13. The first-order valence-corrected chi connectivity index (χ1v) is 9.01. The third kappa shape index (κ3) is 3.18. The van der Waals surface area contributed by atoms with Gasteiger partial charge in [-0.25, -0.2) is 4.98 Å². The van der Waals surface area contributed by atoms with E-state index in [0.717, 1.165) is 53.2 Å². The Bertz CT molecular complexity index is 871. The maximum atomic E-state index is 12.1. The summed E-state index contributed by atoms with van der Waals surface area (Å²) in [6.07, 6.45) is 2.64. The van der Waals surface area contributed by atoms with E-state index in [1.54, 1.807) is 0 Å². The molecule has 0 aliphatic carbocycles. The number of imidazole rings is 1. The Morgan fingerprint density at radius 2 is 2.00 bits per heavy atom. The molecule has 5 heteroatoms. The molecule has 0 saturated heterocycles. The van der Waals surface area contributed by atoms with Crippen LogP contribution in [-0.2, 0) is 11.3 Å². The number of carbonyl (C=O) groups is 1. The van der Waals surface area contributed by atoms with E-state index in [9.17, 15) is 4.79 Å². The van der Waals surface area contributed by atoms with Crippen LogP contribution in [0.5, 0.6) is 0 Å². The second-order valence-corrected chi connectivity index (χ2v) is 6.44. The van der Waals surface area contributed by atoms with E-state index in [4.69, 9.17) is 4.98 Å². The van der Waals surface area contributed by atoms with Crippen molar-refractivity contribution in [2.24, 2.45) is 0 Å². The molecule has 0 radical (unpaired) electrons. The SMILES string of the molecule is CCCCn1c(C)c(C)c(-c2nc3ccccc3[nH]2)c1NC(=O)CC. The Balaban J connectivity index is 2.17. The van der Waals surface area contributed by atoms with Crippen molar-refractivity contribution < 1.29 is 4.79 Å². The molecule has 2 N–H and O–H groups in total. The summed E-state index contributed by atoms with van der Waals surface area (Å²) >= 11 is 0. The first-order valence-electron chi connectivity index (χ1n) is 9.01. The van der Waals surface area contributed by atoms with Crippen molar-refractivity contribution in [1.29, 1.82) is 0 Å². The van der Waals surface area contributed by atoms with E-state index in [0.29, 0.717) is 6.42 Å². The number of carbonyl (C=O) groups excluding carboxylic acids is 1. The van der Waals surface area contributed by atoms with Crippen molar-refractivity contribution >= 4 is 22.8 Å². The zero-order valence-electron chi connectivity index (χ0n) is 15.4. The predicted octanol–water partition coefficient (Wildman–Crippen LogP) is 4.80. The first kappa shape index (κ1) is 17.3. The van der Waals surface area contributed by atoms with Crippen LogP contribution >= 0.6 is 0 Å². The fourth-order valence-electron chi connectivity index (χ4n) is 3.17. The van der Waals surface area contributed by atoms with Gasteiger partial charge in [0.25, 0.3) is 0 Å². The van der Waals surface area contributed by atoms with Crippen molar-refractivity contribution in [3.05, 3.63) is 35.5 Å². The van der Waals surface area contributed by atoms with Gasteiger partial charge in [0.1, 0.15) is 11.6 Å².